The number of hydrogen-bond donors (Lipinski definition) is 2. The molecule has 0 amide bonds. The van der Waals surface area contributed by atoms with Gasteiger partial charge in [-0.15, -0.1) is 0 Å². The van der Waals surface area contributed by atoms with Gasteiger partial charge in [0.1, 0.15) is 5.75 Å². The molecule has 0 aromatic heterocycles. The molecule has 1 aliphatic heterocycles. The maximum absolute atomic E-state index is 12.4. The number of benzene rings is 1. The summed E-state index contributed by atoms with van der Waals surface area (Å²) in [5.41, 5.74) is 1.67. The molecule has 1 aromatic carbocycles. The number of rotatable bonds is 6. The van der Waals surface area contributed by atoms with Crippen molar-refractivity contribution in [3.05, 3.63) is 23.3 Å². The molecule has 2 rings (SSSR count). The molecule has 5 nitrogen and oxygen atoms in total. The predicted octanol–water partition coefficient (Wildman–Crippen LogP) is 1.98. The van der Waals surface area contributed by atoms with E-state index in [-0.39, 0.29) is 0 Å². The zero-order valence-electron chi connectivity index (χ0n) is 13.6. The predicted molar refractivity (Wildman–Crippen MR) is 87.9 cm³/mol. The van der Waals surface area contributed by atoms with Crippen molar-refractivity contribution in [1.82, 2.24) is 10.0 Å². The molecule has 1 atom stereocenters. The highest BCUT2D eigenvalue weighted by atomic mass is 32.2. The van der Waals surface area contributed by atoms with Crippen LogP contribution in [-0.4, -0.2) is 35.2 Å². The summed E-state index contributed by atoms with van der Waals surface area (Å²) in [5.74, 6) is 1.31. The lowest BCUT2D eigenvalue weighted by atomic mass is 9.96. The minimum absolute atomic E-state index is 0.310. The van der Waals surface area contributed by atoms with Gasteiger partial charge in [0.25, 0.3) is 0 Å². The first-order chi connectivity index (χ1) is 10.4. The molecule has 0 bridgehead atoms. The van der Waals surface area contributed by atoms with Crippen LogP contribution in [0.1, 0.15) is 30.4 Å². The van der Waals surface area contributed by atoms with Gasteiger partial charge in [-0.2, -0.15) is 0 Å². The normalized spacial score (nSPS) is 19.1. The quantitative estimate of drug-likeness (QED) is 0.839. The standard InChI is InChI=1S/C16H26N2O3S/c1-12-9-15(10-13(2)16(12)21-3)22(19,20)18-8-6-14-5-4-7-17-11-14/h9-10,14,17-18H,4-8,11H2,1-3H3. The molecule has 1 saturated heterocycles. The Morgan fingerprint density at radius 3 is 2.55 bits per heavy atom. The fraction of sp³-hybridized carbons (Fsp3) is 0.625. The van der Waals surface area contributed by atoms with E-state index in [1.165, 1.54) is 12.8 Å². The Morgan fingerprint density at radius 1 is 1.32 bits per heavy atom. The number of sulfonamides is 1. The van der Waals surface area contributed by atoms with Gasteiger partial charge in [0.15, 0.2) is 0 Å². The topological polar surface area (TPSA) is 67.4 Å². The first kappa shape index (κ1) is 17.2. The maximum atomic E-state index is 12.4. The van der Waals surface area contributed by atoms with E-state index in [1.807, 2.05) is 13.8 Å². The third kappa shape index (κ3) is 4.21. The van der Waals surface area contributed by atoms with Crippen LogP contribution < -0.4 is 14.8 Å². The second-order valence-electron chi connectivity index (χ2n) is 5.99. The third-order valence-corrected chi connectivity index (χ3v) is 5.63. The molecule has 1 aliphatic rings. The second kappa shape index (κ2) is 7.44. The number of piperidine rings is 1. The molecule has 0 radical (unpaired) electrons. The molecule has 0 spiro atoms. The molecule has 1 aromatic rings. The molecule has 1 fully saturated rings. The van der Waals surface area contributed by atoms with E-state index < -0.39 is 10.0 Å². The van der Waals surface area contributed by atoms with Crippen LogP contribution in [0.25, 0.3) is 0 Å². The summed E-state index contributed by atoms with van der Waals surface area (Å²) in [4.78, 5) is 0.310. The van der Waals surface area contributed by atoms with E-state index in [4.69, 9.17) is 4.74 Å². The van der Waals surface area contributed by atoms with Gasteiger partial charge in [0.05, 0.1) is 12.0 Å². The summed E-state index contributed by atoms with van der Waals surface area (Å²) in [6, 6.07) is 3.33. The molecule has 124 valence electrons. The van der Waals surface area contributed by atoms with Crippen LogP contribution in [-0.2, 0) is 10.0 Å². The second-order valence-corrected chi connectivity index (χ2v) is 7.76. The average Bonchev–Trinajstić information content (AvgIpc) is 2.48. The molecule has 0 aliphatic carbocycles. The molecule has 1 unspecified atom stereocenters. The average molecular weight is 326 g/mol. The number of ether oxygens (including phenoxy) is 1. The Labute approximate surface area is 133 Å². The lowest BCUT2D eigenvalue weighted by molar-refractivity contribution is 0.358. The van der Waals surface area contributed by atoms with Crippen LogP contribution in [0, 0.1) is 19.8 Å². The first-order valence-electron chi connectivity index (χ1n) is 7.79. The fourth-order valence-electron chi connectivity index (χ4n) is 3.04. The van der Waals surface area contributed by atoms with E-state index in [0.29, 0.717) is 17.4 Å². The van der Waals surface area contributed by atoms with Crippen molar-refractivity contribution >= 4 is 10.0 Å². The number of hydrogen-bond acceptors (Lipinski definition) is 4. The summed E-state index contributed by atoms with van der Waals surface area (Å²) >= 11 is 0. The van der Waals surface area contributed by atoms with Gasteiger partial charge >= 0.3 is 0 Å². The van der Waals surface area contributed by atoms with Gasteiger partial charge in [0.2, 0.25) is 10.0 Å². The Hall–Kier alpha value is -1.11. The molecular formula is C16H26N2O3S. The van der Waals surface area contributed by atoms with Gasteiger partial charge < -0.3 is 10.1 Å². The molecule has 22 heavy (non-hydrogen) atoms. The summed E-state index contributed by atoms with van der Waals surface area (Å²) in [6.45, 7) is 6.27. The molecule has 6 heteroatoms. The number of methoxy groups -OCH3 is 1. The van der Waals surface area contributed by atoms with Crippen molar-refractivity contribution in [3.63, 3.8) is 0 Å². The van der Waals surface area contributed by atoms with Crippen molar-refractivity contribution in [1.29, 1.82) is 0 Å². The van der Waals surface area contributed by atoms with Crippen molar-refractivity contribution < 1.29 is 13.2 Å². The van der Waals surface area contributed by atoms with E-state index in [9.17, 15) is 8.42 Å². The van der Waals surface area contributed by atoms with Crippen LogP contribution in [0.4, 0.5) is 0 Å². The van der Waals surface area contributed by atoms with Crippen molar-refractivity contribution in [2.45, 2.75) is 38.0 Å². The Balaban J connectivity index is 2.00. The Bertz CT molecular complexity index is 585. The summed E-state index contributed by atoms with van der Waals surface area (Å²) < 4.78 is 32.8. The van der Waals surface area contributed by atoms with E-state index in [2.05, 4.69) is 10.0 Å². The number of nitrogens with one attached hydrogen (secondary N) is 2. The smallest absolute Gasteiger partial charge is 0.240 e. The number of aryl methyl sites for hydroxylation is 2. The highest BCUT2D eigenvalue weighted by molar-refractivity contribution is 7.89. The highest BCUT2D eigenvalue weighted by Crippen LogP contribution is 2.26. The SMILES string of the molecule is COc1c(C)cc(S(=O)(=O)NCCC2CCCNC2)cc1C. The highest BCUT2D eigenvalue weighted by Gasteiger charge is 2.18. The van der Waals surface area contributed by atoms with Crippen molar-refractivity contribution in [2.24, 2.45) is 5.92 Å². The van der Waals surface area contributed by atoms with Gasteiger partial charge in [-0.1, -0.05) is 0 Å². The van der Waals surface area contributed by atoms with Gasteiger partial charge in [-0.05, 0) is 75.4 Å². The maximum Gasteiger partial charge on any atom is 0.240 e. The molecule has 1 heterocycles. The zero-order valence-corrected chi connectivity index (χ0v) is 14.4. The van der Waals surface area contributed by atoms with Gasteiger partial charge in [0, 0.05) is 6.54 Å². The van der Waals surface area contributed by atoms with Crippen LogP contribution in [0.2, 0.25) is 0 Å². The largest absolute Gasteiger partial charge is 0.496 e. The van der Waals surface area contributed by atoms with Crippen molar-refractivity contribution in [2.75, 3.05) is 26.7 Å². The monoisotopic (exact) mass is 326 g/mol. The van der Waals surface area contributed by atoms with Crippen molar-refractivity contribution in [3.8, 4) is 5.75 Å². The molecule has 2 N–H and O–H groups in total. The lowest BCUT2D eigenvalue weighted by Gasteiger charge is -2.22. The van der Waals surface area contributed by atoms with Gasteiger partial charge in [-0.3, -0.25) is 0 Å². The molecule has 0 saturated carbocycles. The van der Waals surface area contributed by atoms with Crippen LogP contribution in [0.5, 0.6) is 5.75 Å². The minimum Gasteiger partial charge on any atom is -0.496 e. The van der Waals surface area contributed by atoms with Gasteiger partial charge in [-0.25, -0.2) is 13.1 Å². The van der Waals surface area contributed by atoms with Crippen LogP contribution in [0.3, 0.4) is 0 Å². The Morgan fingerprint density at radius 2 is 2.00 bits per heavy atom. The fourth-order valence-corrected chi connectivity index (χ4v) is 4.26. The Kier molecular flexibility index (Phi) is 5.83. The van der Waals surface area contributed by atoms with E-state index in [0.717, 1.165) is 36.4 Å². The minimum atomic E-state index is -3.46. The van der Waals surface area contributed by atoms with E-state index >= 15 is 0 Å². The van der Waals surface area contributed by atoms with E-state index in [1.54, 1.807) is 19.2 Å². The first-order valence-corrected chi connectivity index (χ1v) is 9.28. The third-order valence-electron chi connectivity index (χ3n) is 4.19. The lowest BCUT2D eigenvalue weighted by Crippen LogP contribution is -2.33. The zero-order chi connectivity index (χ0) is 16.2. The summed E-state index contributed by atoms with van der Waals surface area (Å²) in [5, 5.41) is 3.35. The molecular weight excluding hydrogens is 300 g/mol. The van der Waals surface area contributed by atoms with Crippen LogP contribution >= 0.6 is 0 Å². The summed E-state index contributed by atoms with van der Waals surface area (Å²) in [6.07, 6.45) is 3.23. The summed E-state index contributed by atoms with van der Waals surface area (Å²) in [7, 11) is -1.86. The van der Waals surface area contributed by atoms with Crippen LogP contribution in [0.15, 0.2) is 17.0 Å².